The summed E-state index contributed by atoms with van der Waals surface area (Å²) in [5.74, 6) is 0. The smallest absolute Gasteiger partial charge is 0.126 e. The SMILES string of the molecule is C=CC[NH2+]CC=C.Nc1ccc(N)c(S(=O)(=O)[O-])c1. The van der Waals surface area contributed by atoms with E-state index in [9.17, 15) is 13.0 Å². The highest BCUT2D eigenvalue weighted by molar-refractivity contribution is 7.86. The largest absolute Gasteiger partial charge is 0.744 e. The number of nitrogens with two attached hydrogens (primary N) is 3. The first-order valence-electron chi connectivity index (χ1n) is 5.47. The number of rotatable bonds is 5. The van der Waals surface area contributed by atoms with Gasteiger partial charge in [-0.15, -0.1) is 0 Å². The summed E-state index contributed by atoms with van der Waals surface area (Å²) in [7, 11) is -4.51. The maximum absolute atomic E-state index is 10.5. The zero-order chi connectivity index (χ0) is 14.9. The fourth-order valence-corrected chi connectivity index (χ4v) is 1.74. The Bertz CT molecular complexity index is 519. The molecule has 6 nitrogen and oxygen atoms in total. The second-order valence-corrected chi connectivity index (χ2v) is 4.94. The second kappa shape index (κ2) is 8.30. The summed E-state index contributed by atoms with van der Waals surface area (Å²) in [6.07, 6.45) is 3.76. The molecule has 0 atom stereocenters. The van der Waals surface area contributed by atoms with Crippen LogP contribution in [0.4, 0.5) is 11.4 Å². The molecule has 0 bridgehead atoms. The molecule has 0 aliphatic heterocycles. The molecular weight excluding hydrogens is 266 g/mol. The minimum Gasteiger partial charge on any atom is -0.744 e. The number of hydrogen-bond acceptors (Lipinski definition) is 5. The van der Waals surface area contributed by atoms with Gasteiger partial charge in [-0.3, -0.25) is 0 Å². The third kappa shape index (κ3) is 7.24. The molecule has 0 heterocycles. The van der Waals surface area contributed by atoms with Gasteiger partial charge in [0.15, 0.2) is 0 Å². The Balaban J connectivity index is 0.000000399. The summed E-state index contributed by atoms with van der Waals surface area (Å²) in [6.45, 7) is 9.12. The molecule has 0 fully saturated rings. The Hall–Kier alpha value is -1.83. The number of quaternary nitrogens is 1. The third-order valence-electron chi connectivity index (χ3n) is 1.97. The molecule has 0 spiro atoms. The average molecular weight is 285 g/mol. The van der Waals surface area contributed by atoms with E-state index in [0.29, 0.717) is 0 Å². The van der Waals surface area contributed by atoms with Gasteiger partial charge in [0, 0.05) is 11.4 Å². The summed E-state index contributed by atoms with van der Waals surface area (Å²) in [5.41, 5.74) is 10.6. The Morgan fingerprint density at radius 2 is 1.74 bits per heavy atom. The van der Waals surface area contributed by atoms with E-state index < -0.39 is 15.0 Å². The van der Waals surface area contributed by atoms with Crippen molar-refractivity contribution in [2.45, 2.75) is 4.90 Å². The fourth-order valence-electron chi connectivity index (χ4n) is 1.10. The highest BCUT2D eigenvalue weighted by atomic mass is 32.2. The highest BCUT2D eigenvalue weighted by Gasteiger charge is 2.05. The molecule has 19 heavy (non-hydrogen) atoms. The summed E-state index contributed by atoms with van der Waals surface area (Å²) in [5, 5.41) is 2.12. The van der Waals surface area contributed by atoms with Crippen LogP contribution in [0.1, 0.15) is 0 Å². The fraction of sp³-hybridized carbons (Fsp3) is 0.167. The van der Waals surface area contributed by atoms with Crippen molar-refractivity contribution in [3.05, 3.63) is 43.5 Å². The molecule has 0 unspecified atom stereocenters. The molecule has 1 rings (SSSR count). The van der Waals surface area contributed by atoms with Gasteiger partial charge in [-0.25, -0.2) is 8.42 Å². The van der Waals surface area contributed by atoms with Crippen molar-refractivity contribution in [2.75, 3.05) is 24.6 Å². The van der Waals surface area contributed by atoms with Crippen molar-refractivity contribution in [3.63, 3.8) is 0 Å². The zero-order valence-electron chi connectivity index (χ0n) is 10.6. The Labute approximate surface area is 113 Å². The lowest BCUT2D eigenvalue weighted by atomic mass is 10.3. The Kier molecular flexibility index (Phi) is 7.50. The van der Waals surface area contributed by atoms with Crippen LogP contribution in [0.5, 0.6) is 0 Å². The Morgan fingerprint density at radius 3 is 2.11 bits per heavy atom. The van der Waals surface area contributed by atoms with E-state index in [1.807, 2.05) is 12.2 Å². The van der Waals surface area contributed by atoms with Crippen LogP contribution < -0.4 is 16.8 Å². The van der Waals surface area contributed by atoms with Crippen LogP contribution in [0.3, 0.4) is 0 Å². The second-order valence-electron chi connectivity index (χ2n) is 3.59. The lowest BCUT2D eigenvalue weighted by molar-refractivity contribution is -0.636. The molecule has 106 valence electrons. The third-order valence-corrected chi connectivity index (χ3v) is 2.87. The summed E-state index contributed by atoms with van der Waals surface area (Å²) < 4.78 is 31.5. The van der Waals surface area contributed by atoms with Crippen LogP contribution in [0.15, 0.2) is 48.4 Å². The predicted octanol–water partition coefficient (Wildman–Crippen LogP) is -0.323. The zero-order valence-corrected chi connectivity index (χ0v) is 11.4. The normalized spacial score (nSPS) is 10.2. The van der Waals surface area contributed by atoms with E-state index >= 15 is 0 Å². The number of benzene rings is 1. The van der Waals surface area contributed by atoms with Crippen LogP contribution >= 0.6 is 0 Å². The number of nitrogen functional groups attached to an aromatic ring is 2. The van der Waals surface area contributed by atoms with Gasteiger partial charge in [0.05, 0.1) is 18.0 Å². The minimum absolute atomic E-state index is 0.0841. The van der Waals surface area contributed by atoms with Crippen molar-refractivity contribution < 1.29 is 18.3 Å². The average Bonchev–Trinajstić information content (AvgIpc) is 2.32. The summed E-state index contributed by atoms with van der Waals surface area (Å²) in [4.78, 5) is -0.470. The first kappa shape index (κ1) is 17.2. The number of anilines is 2. The lowest BCUT2D eigenvalue weighted by Crippen LogP contribution is -2.83. The molecular formula is C12H19N3O3S. The predicted molar refractivity (Wildman–Crippen MR) is 75.3 cm³/mol. The quantitative estimate of drug-likeness (QED) is 0.296. The molecule has 0 radical (unpaired) electrons. The van der Waals surface area contributed by atoms with Crippen LogP contribution in [0.25, 0.3) is 0 Å². The van der Waals surface area contributed by atoms with Gasteiger partial charge in [-0.1, -0.05) is 13.2 Å². The first-order chi connectivity index (χ1) is 8.82. The first-order valence-corrected chi connectivity index (χ1v) is 6.88. The van der Waals surface area contributed by atoms with Crippen LogP contribution in [-0.4, -0.2) is 26.1 Å². The topological polar surface area (TPSA) is 126 Å². The molecule has 0 aliphatic carbocycles. The van der Waals surface area contributed by atoms with Gasteiger partial charge >= 0.3 is 0 Å². The van der Waals surface area contributed by atoms with Gasteiger partial charge in [0.25, 0.3) is 0 Å². The monoisotopic (exact) mass is 285 g/mol. The molecule has 7 heteroatoms. The molecule has 1 aromatic rings. The van der Waals surface area contributed by atoms with Gasteiger partial charge in [-0.2, -0.15) is 0 Å². The van der Waals surface area contributed by atoms with E-state index in [1.54, 1.807) is 0 Å². The summed E-state index contributed by atoms with van der Waals surface area (Å²) in [6, 6.07) is 3.74. The maximum Gasteiger partial charge on any atom is 0.126 e. The van der Waals surface area contributed by atoms with E-state index in [1.165, 1.54) is 12.1 Å². The molecule has 0 aliphatic rings. The number of hydrogen-bond donors (Lipinski definition) is 3. The molecule has 0 saturated heterocycles. The standard InChI is InChI=1S/C6H8N2O3S.C6H11N/c7-4-1-2-5(8)6(3-4)12(9,10)11;1-3-5-7-6-4-2/h1-3H,7-8H2,(H,9,10,11);3-4,7H,1-2,5-6H2. The Morgan fingerprint density at radius 1 is 1.21 bits per heavy atom. The van der Waals surface area contributed by atoms with Crippen molar-refractivity contribution in [1.29, 1.82) is 0 Å². The van der Waals surface area contributed by atoms with E-state index in [-0.39, 0.29) is 11.4 Å². The lowest BCUT2D eigenvalue weighted by Gasteiger charge is -2.09. The summed E-state index contributed by atoms with van der Waals surface area (Å²) >= 11 is 0. The molecule has 0 saturated carbocycles. The van der Waals surface area contributed by atoms with E-state index in [0.717, 1.165) is 19.2 Å². The molecule has 0 amide bonds. The van der Waals surface area contributed by atoms with Gasteiger partial charge < -0.3 is 21.3 Å². The van der Waals surface area contributed by atoms with Gasteiger partial charge in [-0.05, 0) is 30.4 Å². The van der Waals surface area contributed by atoms with Gasteiger partial charge in [0.1, 0.15) is 10.1 Å². The maximum atomic E-state index is 10.5. The molecule has 1 aromatic carbocycles. The van der Waals surface area contributed by atoms with E-state index in [4.69, 9.17) is 11.5 Å². The van der Waals surface area contributed by atoms with E-state index in [2.05, 4.69) is 18.5 Å². The highest BCUT2D eigenvalue weighted by Crippen LogP contribution is 2.20. The van der Waals surface area contributed by atoms with Gasteiger partial charge in [0.2, 0.25) is 0 Å². The molecule has 0 aromatic heterocycles. The minimum atomic E-state index is -4.51. The van der Waals surface area contributed by atoms with Crippen molar-refractivity contribution >= 4 is 21.5 Å². The van der Waals surface area contributed by atoms with Crippen LogP contribution in [0.2, 0.25) is 0 Å². The van der Waals surface area contributed by atoms with Crippen LogP contribution in [-0.2, 0) is 10.1 Å². The van der Waals surface area contributed by atoms with Crippen molar-refractivity contribution in [2.24, 2.45) is 0 Å². The molecule has 6 N–H and O–H groups in total. The van der Waals surface area contributed by atoms with Crippen molar-refractivity contribution in [1.82, 2.24) is 0 Å². The van der Waals surface area contributed by atoms with Crippen LogP contribution in [0, 0.1) is 0 Å². The van der Waals surface area contributed by atoms with Crippen molar-refractivity contribution in [3.8, 4) is 0 Å².